The third kappa shape index (κ3) is 24.0. The first-order chi connectivity index (χ1) is 59.6. The molecule has 730 valence electrons. The van der Waals surface area contributed by atoms with Crippen LogP contribution in [0.4, 0.5) is 0 Å². The van der Waals surface area contributed by atoms with E-state index in [-0.39, 0.29) is 0 Å². The van der Waals surface area contributed by atoms with Crippen LogP contribution in [-0.2, 0) is 109 Å². The molecule has 5 amide bonds. The van der Waals surface area contributed by atoms with E-state index in [1.165, 1.54) is 0 Å². The molecule has 9 fully saturated rings. The number of aliphatic hydroxyl groups excluding tert-OH is 28. The third-order valence-electron chi connectivity index (χ3n) is 22.5. The first-order valence-corrected chi connectivity index (χ1v) is 40.1. The Labute approximate surface area is 714 Å². The number of ether oxygens (including phenoxy) is 18. The second-order valence-corrected chi connectivity index (χ2v) is 31.5. The largest absolute Gasteiger partial charge is 0.394 e. The molecule has 9 aliphatic rings. The van der Waals surface area contributed by atoms with E-state index in [1.807, 2.05) is 0 Å². The molecule has 0 spiro atoms. The van der Waals surface area contributed by atoms with Gasteiger partial charge in [0, 0.05) is 34.6 Å². The first kappa shape index (κ1) is 105. The molecule has 49 atom stereocenters. The van der Waals surface area contributed by atoms with Crippen LogP contribution in [0.5, 0.6) is 0 Å². The van der Waals surface area contributed by atoms with E-state index in [1.54, 1.807) is 0 Å². The zero-order valence-electron chi connectivity index (χ0n) is 68.0. The van der Waals surface area contributed by atoms with Gasteiger partial charge in [0.1, 0.15) is 238 Å². The Kier molecular flexibility index (Phi) is 39.2. The summed E-state index contributed by atoms with van der Waals surface area (Å²) in [5.41, 5.74) is 0. The fourth-order valence-corrected chi connectivity index (χ4v) is 15.9. The summed E-state index contributed by atoms with van der Waals surface area (Å²) in [7, 11) is 0. The van der Waals surface area contributed by atoms with Gasteiger partial charge in [-0.15, -0.1) is 0 Å². The number of hydrogen-bond donors (Lipinski definition) is 33. The number of hydrogen-bond acceptors (Lipinski definition) is 51. The van der Waals surface area contributed by atoms with Crippen LogP contribution < -0.4 is 26.6 Å². The number of carbonyl (C=O) groups is 5. The van der Waals surface area contributed by atoms with Gasteiger partial charge in [-0.05, 0) is 0 Å². The molecule has 9 saturated heterocycles. The van der Waals surface area contributed by atoms with Gasteiger partial charge < -0.3 is 255 Å². The Hall–Kier alpha value is -4.49. The Balaban J connectivity index is 1.13. The summed E-state index contributed by atoms with van der Waals surface area (Å²) in [6, 6.07) is -9.65. The van der Waals surface area contributed by atoms with Gasteiger partial charge in [-0.1, -0.05) is 0 Å². The number of rotatable bonds is 37. The molecule has 9 aliphatic heterocycles. The molecule has 0 saturated carbocycles. The highest BCUT2D eigenvalue weighted by molar-refractivity contribution is 5.75. The molecular formula is C70H119N5O51. The number of aliphatic hydroxyl groups is 28. The van der Waals surface area contributed by atoms with Crippen LogP contribution in [0.1, 0.15) is 34.6 Å². The minimum atomic E-state index is -2.72. The van der Waals surface area contributed by atoms with E-state index in [0.717, 1.165) is 34.6 Å². The van der Waals surface area contributed by atoms with Gasteiger partial charge in [-0.25, -0.2) is 0 Å². The van der Waals surface area contributed by atoms with Crippen molar-refractivity contribution in [2.24, 2.45) is 0 Å². The fraction of sp³-hybridized carbons (Fsp3) is 0.929. The summed E-state index contributed by atoms with van der Waals surface area (Å²) in [5.74, 6) is -4.79. The number of carbonyl (C=O) groups excluding carboxylic acids is 5. The van der Waals surface area contributed by atoms with Gasteiger partial charge in [0.25, 0.3) is 0 Å². The minimum absolute atomic E-state index is 0.839. The summed E-state index contributed by atoms with van der Waals surface area (Å²) in [6.45, 7) is -8.22. The number of nitrogens with one attached hydrogen (secondary N) is 5. The van der Waals surface area contributed by atoms with Crippen molar-refractivity contribution >= 4 is 29.5 Å². The van der Waals surface area contributed by atoms with Crippen LogP contribution in [0.15, 0.2) is 0 Å². The van der Waals surface area contributed by atoms with Crippen molar-refractivity contribution in [2.75, 3.05) is 72.7 Å². The summed E-state index contributed by atoms with van der Waals surface area (Å²) >= 11 is 0. The smallest absolute Gasteiger partial charge is 0.217 e. The molecule has 126 heavy (non-hydrogen) atoms. The lowest BCUT2D eigenvalue weighted by atomic mass is 9.93. The topological polar surface area (TPSA) is 878 Å². The highest BCUT2D eigenvalue weighted by Gasteiger charge is 2.62. The van der Waals surface area contributed by atoms with Gasteiger partial charge >= 0.3 is 0 Å². The van der Waals surface area contributed by atoms with Crippen molar-refractivity contribution in [3.05, 3.63) is 0 Å². The molecule has 0 bridgehead atoms. The average molecular weight is 1850 g/mol. The quantitative estimate of drug-likeness (QED) is 0.0275. The lowest BCUT2D eigenvalue weighted by molar-refractivity contribution is -0.405. The Morgan fingerprint density at radius 1 is 0.270 bits per heavy atom. The van der Waals surface area contributed by atoms with Crippen molar-refractivity contribution in [2.45, 2.75) is 335 Å². The average Bonchev–Trinajstić information content (AvgIpc) is 0.762. The fourth-order valence-electron chi connectivity index (χ4n) is 15.9. The molecule has 9 heterocycles. The van der Waals surface area contributed by atoms with Crippen molar-refractivity contribution in [3.8, 4) is 0 Å². The minimum Gasteiger partial charge on any atom is -0.394 e. The van der Waals surface area contributed by atoms with E-state index in [0.29, 0.717) is 0 Å². The Bertz CT molecular complexity index is 3380. The van der Waals surface area contributed by atoms with E-state index < -0.39 is 403 Å². The van der Waals surface area contributed by atoms with Gasteiger partial charge in [0.2, 0.25) is 29.5 Å². The molecule has 0 unspecified atom stereocenters. The second kappa shape index (κ2) is 46.9. The van der Waals surface area contributed by atoms with Crippen LogP contribution in [0.3, 0.4) is 0 Å². The van der Waals surface area contributed by atoms with Crippen molar-refractivity contribution in [3.63, 3.8) is 0 Å². The number of amides is 5. The Morgan fingerprint density at radius 2 is 0.563 bits per heavy atom. The molecule has 0 radical (unpaired) electrons. The summed E-state index contributed by atoms with van der Waals surface area (Å²) in [6.07, 6.45) is -95.9. The molecule has 0 aromatic rings. The highest BCUT2D eigenvalue weighted by Crippen LogP contribution is 2.41. The molecule has 0 aromatic carbocycles. The van der Waals surface area contributed by atoms with Crippen LogP contribution in [0, 0.1) is 0 Å². The monoisotopic (exact) mass is 1850 g/mol. The van der Waals surface area contributed by atoms with E-state index in [2.05, 4.69) is 26.6 Å². The molecule has 56 nitrogen and oxygen atoms in total. The molecule has 9 rings (SSSR count). The SMILES string of the molecule is CC(=O)N[C@H]1[C@H](O[C@@H]([C@H](O)[C@H](CO)NC(C)=O)[C@H](O)CO)O[C@H](CO)[C@@H](O[C@@H]2O[C@H](CO[C@H]3O[C@H](CO)[C@@H](O)[C@H](O)[C@@H]3O[C@@H]3O[C@H](CO)[C@@H](O[C@@H]4O[C@H](CO)[C@H](O)[C@H](O)[C@H]4O)[C@H](O)[C@H]3NC(C)=O)[C@@H](O)[C@H](O[C@H]3O[C@H](CO)[C@@H](O[C@@H]4O[C@H](CO)[C@@H](O)[C@H](O)[C@H]4NC(C)=O)[C@H](O)[C@@H]3O[C@@H]3O[C@H](CO)[C@@H](O[C@@H]4O[C@H](CO)[C@H](O)[C@H](O)[C@H]4O)[C@H](O)[C@H]3NC(C)=O)[C@@H]2O)[C@@H]1O. The summed E-state index contributed by atoms with van der Waals surface area (Å²) in [4.78, 5) is 64.2. The zero-order valence-corrected chi connectivity index (χ0v) is 68.0. The molecule has 33 N–H and O–H groups in total. The Morgan fingerprint density at radius 3 is 0.944 bits per heavy atom. The summed E-state index contributed by atoms with van der Waals surface area (Å²) < 4.78 is 108. The van der Waals surface area contributed by atoms with E-state index in [9.17, 15) is 167 Å². The highest BCUT2D eigenvalue weighted by atomic mass is 16.8. The standard InChI is InChI=1S/C70H119N5O51/c1-17(86)71-22(6-76)37(92)54(23(91)7-77)119-63-34(73-19(3)88)44(99)57(30(14-84)114-63)123-68-53(108)59(42(97)32(118-68)16-109-69-60(49(104)41(96)27(11-81)113-69)125-64-35(74-20(4)89)45(100)55(28(12-82)115-64)121-66-50(105)47(102)39(94)25(9-79)111-66)124-70-61(52(107)58(31(15-85)117-70)120-62-33(72-18(2)87)43(98)38(93)24(8-78)110-62)126-65-36(75-21(5)90)46(101)56(29(13-83)116-65)122-67-51(106)48(103)40(95)26(10-80)112-67/h22-70,76-85,91-108H,6-16H2,1-5H3,(H,71,86)(H,72,87)(H,73,88)(H,74,89)(H,75,90)/t22-,23+,24+,25+,26+,27+,28+,29+,30+,31+,32+,33+,34+,35+,36+,37+,38+,39-,40-,41+,42+,43+,44+,45+,46+,47-,48-,49-,50+,51+,52-,53-,54+,55+,56+,57+,58+,59-,60-,61-,62-,63-,64-,65-,66-,67-,68-,69-,70+/m0/s1. The van der Waals surface area contributed by atoms with Crippen LogP contribution >= 0.6 is 0 Å². The van der Waals surface area contributed by atoms with Crippen LogP contribution in [0.2, 0.25) is 0 Å². The normalized spacial score (nSPS) is 45.8. The maximum atomic E-state index is 13.3. The summed E-state index contributed by atoms with van der Waals surface area (Å²) in [5, 5.41) is 325. The molecule has 0 aromatic heterocycles. The second-order valence-electron chi connectivity index (χ2n) is 31.5. The first-order valence-electron chi connectivity index (χ1n) is 40.1. The molecule has 56 heteroatoms. The molecule has 0 aliphatic carbocycles. The van der Waals surface area contributed by atoms with Gasteiger partial charge in [-0.2, -0.15) is 0 Å². The van der Waals surface area contributed by atoms with Gasteiger partial charge in [-0.3, -0.25) is 24.0 Å². The van der Waals surface area contributed by atoms with E-state index in [4.69, 9.17) is 85.3 Å². The van der Waals surface area contributed by atoms with Gasteiger partial charge in [0.15, 0.2) is 56.6 Å². The maximum Gasteiger partial charge on any atom is 0.217 e. The van der Waals surface area contributed by atoms with E-state index >= 15 is 0 Å². The van der Waals surface area contributed by atoms with Crippen molar-refractivity contribution in [1.29, 1.82) is 0 Å². The van der Waals surface area contributed by atoms with Crippen LogP contribution in [0.25, 0.3) is 0 Å². The maximum absolute atomic E-state index is 13.3. The predicted octanol–water partition coefficient (Wildman–Crippen LogP) is -22.4. The molecular weight excluding hydrogens is 1730 g/mol. The van der Waals surface area contributed by atoms with Crippen molar-refractivity contribution < 1.29 is 252 Å². The van der Waals surface area contributed by atoms with Crippen molar-refractivity contribution in [1.82, 2.24) is 26.6 Å². The van der Waals surface area contributed by atoms with Crippen LogP contribution in [-0.4, -0.2) is 546 Å². The third-order valence-corrected chi connectivity index (χ3v) is 22.5. The predicted molar refractivity (Wildman–Crippen MR) is 390 cm³/mol. The zero-order chi connectivity index (χ0) is 93.2. The lowest BCUT2D eigenvalue weighted by Gasteiger charge is -2.52. The lowest BCUT2D eigenvalue weighted by Crippen LogP contribution is -2.71. The van der Waals surface area contributed by atoms with Gasteiger partial charge in [0.05, 0.1) is 78.7 Å².